The Morgan fingerprint density at radius 1 is 0.906 bits per heavy atom. The topological polar surface area (TPSA) is 57.1 Å². The number of rotatable bonds is 9. The van der Waals surface area contributed by atoms with Gasteiger partial charge in [-0.05, 0) is 73.9 Å². The molecule has 0 heterocycles. The van der Waals surface area contributed by atoms with Gasteiger partial charge in [0.1, 0.15) is 19.5 Å². The van der Waals surface area contributed by atoms with Gasteiger partial charge in [0.2, 0.25) is 0 Å². The van der Waals surface area contributed by atoms with Gasteiger partial charge in [-0.25, -0.2) is 4.79 Å². The van der Waals surface area contributed by atoms with Crippen LogP contribution < -0.4 is 4.74 Å². The summed E-state index contributed by atoms with van der Waals surface area (Å²) in [5, 5.41) is 3.96. The van der Waals surface area contributed by atoms with Crippen molar-refractivity contribution >= 4 is 11.7 Å². The van der Waals surface area contributed by atoms with E-state index in [1.165, 1.54) is 36.5 Å². The van der Waals surface area contributed by atoms with Gasteiger partial charge in [0, 0.05) is 0 Å². The molecule has 1 aliphatic rings. The molecule has 0 bridgehead atoms. The van der Waals surface area contributed by atoms with Crippen LogP contribution in [0.15, 0.2) is 82.0 Å². The van der Waals surface area contributed by atoms with Crippen LogP contribution in [0.3, 0.4) is 0 Å². The highest BCUT2D eigenvalue weighted by Crippen LogP contribution is 2.31. The Morgan fingerprint density at radius 3 is 2.31 bits per heavy atom. The van der Waals surface area contributed by atoms with Crippen molar-refractivity contribution in [3.8, 4) is 5.75 Å². The van der Waals surface area contributed by atoms with Gasteiger partial charge in [0.05, 0.1) is 7.11 Å². The maximum atomic E-state index is 12.3. The van der Waals surface area contributed by atoms with E-state index >= 15 is 0 Å². The molecule has 0 saturated carbocycles. The van der Waals surface area contributed by atoms with Crippen LogP contribution in [0.5, 0.6) is 5.75 Å². The van der Waals surface area contributed by atoms with E-state index in [2.05, 4.69) is 55.4 Å². The number of hydrogen-bond donors (Lipinski definition) is 0. The van der Waals surface area contributed by atoms with Gasteiger partial charge in [0.25, 0.3) is 0 Å². The molecule has 0 unspecified atom stereocenters. The second-order valence-electron chi connectivity index (χ2n) is 8.03. The Labute approximate surface area is 190 Å². The summed E-state index contributed by atoms with van der Waals surface area (Å²) in [5.41, 5.74) is 7.10. The van der Waals surface area contributed by atoms with Gasteiger partial charge in [-0.2, -0.15) is 0 Å². The Bertz CT molecular complexity index is 1030. The van der Waals surface area contributed by atoms with E-state index < -0.39 is 5.97 Å². The van der Waals surface area contributed by atoms with Crippen molar-refractivity contribution in [1.29, 1.82) is 0 Å². The molecule has 2 aromatic rings. The van der Waals surface area contributed by atoms with E-state index in [4.69, 9.17) is 14.3 Å². The summed E-state index contributed by atoms with van der Waals surface area (Å²) < 4.78 is 11.1. The molecule has 0 radical (unpaired) electrons. The molecule has 5 heteroatoms. The zero-order valence-corrected chi connectivity index (χ0v) is 19.3. The lowest BCUT2D eigenvalue weighted by atomic mass is 9.85. The van der Waals surface area contributed by atoms with E-state index in [9.17, 15) is 4.79 Å². The first-order chi connectivity index (χ1) is 15.5. The number of oxime groups is 1. The lowest BCUT2D eigenvalue weighted by Crippen LogP contribution is -2.24. The first-order valence-electron chi connectivity index (χ1n) is 10.8. The number of hydrogen-bond acceptors (Lipinski definition) is 5. The SMILES string of the molecule is CO/N=C(/C(=O)OC)C1=C(COc2cccc(CCc3ccccc3)c2)CC(C)=C(C)C1. The third kappa shape index (κ3) is 6.10. The highest BCUT2D eigenvalue weighted by atomic mass is 16.6. The van der Waals surface area contributed by atoms with Gasteiger partial charge in [-0.1, -0.05) is 58.8 Å². The third-order valence-electron chi connectivity index (χ3n) is 5.78. The molecule has 0 atom stereocenters. The predicted octanol–water partition coefficient (Wildman–Crippen LogP) is 5.45. The molecular formula is C27H31NO4. The van der Waals surface area contributed by atoms with Gasteiger partial charge < -0.3 is 14.3 Å². The smallest absolute Gasteiger partial charge is 0.360 e. The Morgan fingerprint density at radius 2 is 1.59 bits per heavy atom. The average molecular weight is 434 g/mol. The van der Waals surface area contributed by atoms with Crippen molar-refractivity contribution in [3.05, 3.63) is 88.0 Å². The quantitative estimate of drug-likeness (QED) is 0.228. The van der Waals surface area contributed by atoms with Crippen LogP contribution >= 0.6 is 0 Å². The van der Waals surface area contributed by atoms with Gasteiger partial charge in [-0.3, -0.25) is 0 Å². The molecule has 168 valence electrons. The number of esters is 1. The number of carbonyl (C=O) groups excluding carboxylic acids is 1. The van der Waals surface area contributed by atoms with E-state index in [0.29, 0.717) is 13.0 Å². The number of aryl methyl sites for hydroxylation is 2. The van der Waals surface area contributed by atoms with E-state index in [1.807, 2.05) is 18.2 Å². The molecule has 0 aliphatic heterocycles. The minimum Gasteiger partial charge on any atom is -0.489 e. The minimum absolute atomic E-state index is 0.206. The Balaban J connectivity index is 1.75. The maximum Gasteiger partial charge on any atom is 0.360 e. The molecule has 0 spiro atoms. The van der Waals surface area contributed by atoms with Crippen molar-refractivity contribution in [1.82, 2.24) is 0 Å². The maximum absolute atomic E-state index is 12.3. The zero-order valence-electron chi connectivity index (χ0n) is 19.3. The molecule has 1 aliphatic carbocycles. The third-order valence-corrected chi connectivity index (χ3v) is 5.78. The number of nitrogens with zero attached hydrogens (tertiary/aromatic N) is 1. The normalized spacial score (nSPS) is 14.4. The van der Waals surface area contributed by atoms with Gasteiger partial charge in [0.15, 0.2) is 5.71 Å². The van der Waals surface area contributed by atoms with Crippen LogP contribution in [0.25, 0.3) is 0 Å². The molecule has 2 aromatic carbocycles. The van der Waals surface area contributed by atoms with Crippen LogP contribution in [0.4, 0.5) is 0 Å². The Hall–Kier alpha value is -3.34. The molecule has 3 rings (SSSR count). The highest BCUT2D eigenvalue weighted by Gasteiger charge is 2.26. The zero-order chi connectivity index (χ0) is 22.9. The summed E-state index contributed by atoms with van der Waals surface area (Å²) in [6.45, 7) is 4.56. The number of carbonyl (C=O) groups is 1. The predicted molar refractivity (Wildman–Crippen MR) is 127 cm³/mol. The number of benzene rings is 2. The molecule has 0 fully saturated rings. The molecule has 0 aromatic heterocycles. The molecule has 5 nitrogen and oxygen atoms in total. The summed E-state index contributed by atoms with van der Waals surface area (Å²) >= 11 is 0. The fourth-order valence-electron chi connectivity index (χ4n) is 3.81. The van der Waals surface area contributed by atoms with Crippen molar-refractivity contribution in [2.24, 2.45) is 5.16 Å². The molecule has 0 N–H and O–H groups in total. The van der Waals surface area contributed by atoms with E-state index in [0.717, 1.165) is 36.2 Å². The summed E-state index contributed by atoms with van der Waals surface area (Å²) in [7, 11) is 2.78. The fraction of sp³-hybridized carbons (Fsp3) is 0.333. The van der Waals surface area contributed by atoms with Crippen LogP contribution in [0, 0.1) is 0 Å². The summed E-state index contributed by atoms with van der Waals surface area (Å²) in [4.78, 5) is 17.2. The standard InChI is InChI=1S/C27H31NO4/c1-19-15-23(25(16-20(19)2)26(28-31-4)27(29)30-3)18-32-24-12-8-11-22(17-24)14-13-21-9-6-5-7-10-21/h5-12,17H,13-16,18H2,1-4H3/b28-26+. The fourth-order valence-corrected chi connectivity index (χ4v) is 3.81. The van der Waals surface area contributed by atoms with Gasteiger partial charge >= 0.3 is 5.97 Å². The van der Waals surface area contributed by atoms with Crippen LogP contribution in [0.1, 0.15) is 37.8 Å². The van der Waals surface area contributed by atoms with Gasteiger partial charge in [-0.15, -0.1) is 0 Å². The summed E-state index contributed by atoms with van der Waals surface area (Å²) in [6, 6.07) is 18.7. The van der Waals surface area contributed by atoms with Crippen molar-refractivity contribution in [2.75, 3.05) is 20.8 Å². The van der Waals surface area contributed by atoms with Crippen molar-refractivity contribution in [3.63, 3.8) is 0 Å². The highest BCUT2D eigenvalue weighted by molar-refractivity contribution is 6.43. The van der Waals surface area contributed by atoms with Crippen molar-refractivity contribution < 1.29 is 19.1 Å². The first-order valence-corrected chi connectivity index (χ1v) is 10.8. The van der Waals surface area contributed by atoms with Crippen LogP contribution in [0.2, 0.25) is 0 Å². The summed E-state index contributed by atoms with van der Waals surface area (Å²) in [5.74, 6) is 0.309. The van der Waals surface area contributed by atoms with Crippen LogP contribution in [-0.2, 0) is 27.2 Å². The molecular weight excluding hydrogens is 402 g/mol. The summed E-state index contributed by atoms with van der Waals surface area (Å²) in [6.07, 6.45) is 3.29. The largest absolute Gasteiger partial charge is 0.489 e. The number of ether oxygens (including phenoxy) is 2. The second kappa shape index (κ2) is 11.3. The second-order valence-corrected chi connectivity index (χ2v) is 8.03. The van der Waals surface area contributed by atoms with Crippen molar-refractivity contribution in [2.45, 2.75) is 39.5 Å². The number of allylic oxidation sites excluding steroid dienone is 2. The Kier molecular flexibility index (Phi) is 8.26. The van der Waals surface area contributed by atoms with Crippen LogP contribution in [-0.4, -0.2) is 32.5 Å². The molecule has 0 amide bonds. The van der Waals surface area contributed by atoms with E-state index in [-0.39, 0.29) is 5.71 Å². The monoisotopic (exact) mass is 433 g/mol. The lowest BCUT2D eigenvalue weighted by Gasteiger charge is -2.23. The number of methoxy groups -OCH3 is 1. The lowest BCUT2D eigenvalue weighted by molar-refractivity contribution is -0.132. The average Bonchev–Trinajstić information content (AvgIpc) is 2.82. The molecule has 0 saturated heterocycles. The molecule has 32 heavy (non-hydrogen) atoms. The first kappa shape index (κ1) is 23.3. The van der Waals surface area contributed by atoms with E-state index in [1.54, 1.807) is 0 Å². The minimum atomic E-state index is -0.505.